The molecule has 2 N–H and O–H groups in total. The second-order valence-corrected chi connectivity index (χ2v) is 9.68. The molecule has 0 aromatic heterocycles. The van der Waals surface area contributed by atoms with Gasteiger partial charge in [0.2, 0.25) is 0 Å². The van der Waals surface area contributed by atoms with Crippen LogP contribution in [0.1, 0.15) is 57.4 Å². The highest BCUT2D eigenvalue weighted by Crippen LogP contribution is 2.44. The van der Waals surface area contributed by atoms with Gasteiger partial charge in [-0.3, -0.25) is 4.79 Å². The molecule has 1 saturated heterocycles. The molecule has 2 fully saturated rings. The number of alkyl halides is 3. The first kappa shape index (κ1) is 29.3. The van der Waals surface area contributed by atoms with Gasteiger partial charge < -0.3 is 24.3 Å². The summed E-state index contributed by atoms with van der Waals surface area (Å²) in [5.41, 5.74) is -0.804. The summed E-state index contributed by atoms with van der Waals surface area (Å²) in [6.07, 6.45) is 7.90. The zero-order chi connectivity index (χ0) is 26.8. The molecule has 2 aliphatic rings. The second kappa shape index (κ2) is 14.0. The highest BCUT2D eigenvalue weighted by molar-refractivity contribution is 6.44. The predicted molar refractivity (Wildman–Crippen MR) is 134 cm³/mol. The summed E-state index contributed by atoms with van der Waals surface area (Å²) >= 11 is 0. The summed E-state index contributed by atoms with van der Waals surface area (Å²) < 4.78 is 56.6. The number of ether oxygens (including phenoxy) is 1. The highest BCUT2D eigenvalue weighted by Gasteiger charge is 2.49. The Hall–Kier alpha value is -2.30. The third kappa shape index (κ3) is 9.19. The van der Waals surface area contributed by atoms with E-state index in [4.69, 9.17) is 19.2 Å². The molecule has 1 aromatic carbocycles. The Labute approximate surface area is 216 Å². The van der Waals surface area contributed by atoms with Gasteiger partial charge in [-0.1, -0.05) is 50.1 Å². The van der Waals surface area contributed by atoms with Crippen LogP contribution in [0.5, 0.6) is 5.75 Å². The molecular formula is C27H36BF3O6. The first-order chi connectivity index (χ1) is 17.7. The lowest BCUT2D eigenvalue weighted by Gasteiger charge is -2.27. The average Bonchev–Trinajstić information content (AvgIpc) is 3.10. The van der Waals surface area contributed by atoms with Crippen LogP contribution in [-0.2, 0) is 20.3 Å². The van der Waals surface area contributed by atoms with Gasteiger partial charge in [0.05, 0.1) is 11.7 Å². The van der Waals surface area contributed by atoms with E-state index in [1.165, 1.54) is 12.1 Å². The normalized spacial score (nSPS) is 24.7. The molecule has 0 spiro atoms. The van der Waals surface area contributed by atoms with Gasteiger partial charge in [-0.15, -0.1) is 0 Å². The minimum atomic E-state index is -4.46. The Balaban J connectivity index is 1.60. The van der Waals surface area contributed by atoms with Crippen molar-refractivity contribution in [3.05, 3.63) is 54.1 Å². The van der Waals surface area contributed by atoms with Crippen LogP contribution in [0.2, 0.25) is 6.32 Å². The number of carboxylic acid groups (broad SMARTS) is 1. The van der Waals surface area contributed by atoms with Crippen molar-refractivity contribution in [2.24, 2.45) is 11.8 Å². The molecule has 1 saturated carbocycles. The monoisotopic (exact) mass is 524 g/mol. The predicted octanol–water partition coefficient (Wildman–Crippen LogP) is 5.91. The number of hydrogen-bond acceptors (Lipinski definition) is 5. The Bertz CT molecular complexity index is 922. The minimum Gasteiger partial charge on any atom is -0.491 e. The van der Waals surface area contributed by atoms with Gasteiger partial charge in [-0.25, -0.2) is 0 Å². The summed E-state index contributed by atoms with van der Waals surface area (Å²) in [5.74, 6) is -0.619. The minimum absolute atomic E-state index is 0.00324. The number of allylic oxidation sites excluding steroid dienone is 2. The first-order valence-electron chi connectivity index (χ1n) is 13.0. The van der Waals surface area contributed by atoms with Gasteiger partial charge in [0.1, 0.15) is 18.5 Å². The van der Waals surface area contributed by atoms with Gasteiger partial charge in [0.15, 0.2) is 0 Å². The molecule has 0 unspecified atom stereocenters. The van der Waals surface area contributed by atoms with Crippen molar-refractivity contribution in [2.45, 2.75) is 82.7 Å². The topological polar surface area (TPSA) is 85.2 Å². The molecule has 1 aromatic rings. The zero-order valence-corrected chi connectivity index (χ0v) is 21.1. The van der Waals surface area contributed by atoms with E-state index in [1.54, 1.807) is 6.08 Å². The Morgan fingerprint density at radius 2 is 2.03 bits per heavy atom. The fraction of sp³-hybridized carbons (Fsp3) is 0.593. The van der Waals surface area contributed by atoms with Gasteiger partial charge in [0.25, 0.3) is 0 Å². The zero-order valence-electron chi connectivity index (χ0n) is 21.1. The largest absolute Gasteiger partial charge is 0.491 e. The molecule has 5 atom stereocenters. The molecule has 10 heteroatoms. The van der Waals surface area contributed by atoms with Gasteiger partial charge in [-0.05, 0) is 56.1 Å². The molecular weight excluding hydrogens is 488 g/mol. The fourth-order valence-electron chi connectivity index (χ4n) is 4.89. The third-order valence-electron chi connectivity index (χ3n) is 6.79. The van der Waals surface area contributed by atoms with Crippen molar-refractivity contribution < 1.29 is 42.2 Å². The van der Waals surface area contributed by atoms with E-state index in [2.05, 4.69) is 13.0 Å². The summed E-state index contributed by atoms with van der Waals surface area (Å²) in [7, 11) is -0.252. The van der Waals surface area contributed by atoms with Gasteiger partial charge >= 0.3 is 19.3 Å². The molecule has 0 amide bonds. The number of aliphatic hydroxyl groups excluding tert-OH is 1. The molecule has 2 bridgehead atoms. The number of aliphatic hydroxyl groups is 1. The fourth-order valence-corrected chi connectivity index (χ4v) is 4.89. The van der Waals surface area contributed by atoms with Crippen LogP contribution in [-0.4, -0.2) is 48.2 Å². The number of carbonyl (C=O) groups is 1. The van der Waals surface area contributed by atoms with Crippen molar-refractivity contribution in [3.63, 3.8) is 0 Å². The summed E-state index contributed by atoms with van der Waals surface area (Å²) in [4.78, 5) is 10.7. The van der Waals surface area contributed by atoms with Crippen LogP contribution in [0.25, 0.3) is 0 Å². The lowest BCUT2D eigenvalue weighted by Crippen LogP contribution is -2.37. The quantitative estimate of drug-likeness (QED) is 0.179. The molecule has 3 rings (SSSR count). The molecule has 1 heterocycles. The lowest BCUT2D eigenvalue weighted by atomic mass is 9.80. The summed E-state index contributed by atoms with van der Waals surface area (Å²) in [6.45, 7) is 1.94. The van der Waals surface area contributed by atoms with E-state index >= 15 is 0 Å². The summed E-state index contributed by atoms with van der Waals surface area (Å²) in [5, 5.41) is 19.2. The van der Waals surface area contributed by atoms with E-state index in [0.717, 1.165) is 44.1 Å². The van der Waals surface area contributed by atoms with Crippen LogP contribution in [0.15, 0.2) is 48.6 Å². The van der Waals surface area contributed by atoms with E-state index in [0.29, 0.717) is 12.8 Å². The number of unbranched alkanes of at least 4 members (excludes halogenated alkanes) is 2. The second-order valence-electron chi connectivity index (χ2n) is 9.68. The Morgan fingerprint density at radius 1 is 1.24 bits per heavy atom. The first-order valence-corrected chi connectivity index (χ1v) is 13.0. The molecule has 37 heavy (non-hydrogen) atoms. The van der Waals surface area contributed by atoms with Gasteiger partial charge in [-0.2, -0.15) is 13.2 Å². The number of benzene rings is 1. The molecule has 0 radical (unpaired) electrons. The number of fused-ring (bicyclic) bond motifs is 2. The van der Waals surface area contributed by atoms with Crippen molar-refractivity contribution in [2.75, 3.05) is 6.61 Å². The van der Waals surface area contributed by atoms with Crippen LogP contribution in [0, 0.1) is 11.8 Å². The van der Waals surface area contributed by atoms with Crippen molar-refractivity contribution in [1.82, 2.24) is 0 Å². The maximum Gasteiger partial charge on any atom is 0.457 e. The number of carboxylic acids is 1. The van der Waals surface area contributed by atoms with Crippen LogP contribution >= 0.6 is 0 Å². The standard InChI is InChI=1S/C27H36BF3O6/c1-2-3-15-28-36-24-17-25(37-28)23(22(24)11-6-4-5-7-12-26(33)34)14-13-20(32)18-35-21-10-8-9-19(16-21)27(29,30)31/h4,6,8-10,13-14,16,20,22-25,32H,2-3,5,7,11-12,15,17-18H2,1H3,(H,33,34)/b6-4+,14-13+/t20-,22-,23-,24+,25-/m1/s1. The average molecular weight is 524 g/mol. The maximum atomic E-state index is 12.9. The van der Waals surface area contributed by atoms with Crippen molar-refractivity contribution >= 4 is 13.1 Å². The van der Waals surface area contributed by atoms with E-state index < -0.39 is 23.8 Å². The highest BCUT2D eigenvalue weighted by atomic mass is 19.4. The number of aliphatic carboxylic acids is 1. The Morgan fingerprint density at radius 3 is 2.76 bits per heavy atom. The maximum absolute atomic E-state index is 12.9. The lowest BCUT2D eigenvalue weighted by molar-refractivity contribution is -0.138. The third-order valence-corrected chi connectivity index (χ3v) is 6.79. The van der Waals surface area contributed by atoms with Crippen molar-refractivity contribution in [3.8, 4) is 5.75 Å². The molecule has 1 aliphatic heterocycles. The molecule has 6 nitrogen and oxygen atoms in total. The van der Waals surface area contributed by atoms with Crippen LogP contribution < -0.4 is 4.74 Å². The number of halogens is 3. The molecule has 204 valence electrons. The Kier molecular flexibility index (Phi) is 11.1. The SMILES string of the molecule is CCCCB1O[C@H]2C[C@@H](O1)[C@H](/C=C/[C@@H](O)COc1cccc(C(F)(F)F)c1)[C@H]2C/C=C/CCCC(=O)O. The van der Waals surface area contributed by atoms with Crippen LogP contribution in [0.4, 0.5) is 13.2 Å². The van der Waals surface area contributed by atoms with Crippen LogP contribution in [0.3, 0.4) is 0 Å². The van der Waals surface area contributed by atoms with E-state index in [-0.39, 0.29) is 49.9 Å². The van der Waals surface area contributed by atoms with E-state index in [9.17, 15) is 23.1 Å². The smallest absolute Gasteiger partial charge is 0.457 e. The number of rotatable bonds is 14. The van der Waals surface area contributed by atoms with E-state index in [1.807, 2.05) is 12.2 Å². The van der Waals surface area contributed by atoms with Gasteiger partial charge in [0, 0.05) is 18.4 Å². The number of hydrogen-bond donors (Lipinski definition) is 2. The summed E-state index contributed by atoms with van der Waals surface area (Å²) in [6, 6.07) is 4.58. The van der Waals surface area contributed by atoms with Crippen molar-refractivity contribution in [1.29, 1.82) is 0 Å². The molecule has 1 aliphatic carbocycles.